The van der Waals surface area contributed by atoms with Crippen molar-refractivity contribution in [1.82, 2.24) is 14.1 Å². The van der Waals surface area contributed by atoms with Crippen LogP contribution in [0.25, 0.3) is 5.65 Å². The highest BCUT2D eigenvalue weighted by atomic mass is 32.2. The molecule has 0 aromatic carbocycles. The van der Waals surface area contributed by atoms with Crippen LogP contribution < -0.4 is 24.2 Å². The third-order valence-corrected chi connectivity index (χ3v) is 5.40. The number of anilines is 1. The Hall–Kier alpha value is -2.04. The van der Waals surface area contributed by atoms with Gasteiger partial charge in [-0.25, -0.2) is 14.8 Å². The first-order valence-electron chi connectivity index (χ1n) is 8.52. The number of nitrogens with two attached hydrogens (primary N) is 1. The minimum atomic E-state index is -3.60. The first-order valence-corrected chi connectivity index (χ1v) is 10.1. The third kappa shape index (κ3) is 4.19. The highest BCUT2D eigenvalue weighted by Crippen LogP contribution is 2.31. The molecule has 3 rings (SSSR count). The molecule has 26 heavy (non-hydrogen) atoms. The Morgan fingerprint density at radius 3 is 2.58 bits per heavy atom. The zero-order valence-electron chi connectivity index (χ0n) is 15.0. The van der Waals surface area contributed by atoms with Gasteiger partial charge in [-0.1, -0.05) is 0 Å². The van der Waals surface area contributed by atoms with E-state index in [1.807, 2.05) is 22.9 Å². The van der Waals surface area contributed by atoms with Gasteiger partial charge in [0, 0.05) is 25.7 Å². The van der Waals surface area contributed by atoms with Crippen LogP contribution in [0, 0.1) is 5.92 Å². The van der Waals surface area contributed by atoms with E-state index in [2.05, 4.69) is 14.6 Å². The normalized spacial score (nSPS) is 16.2. The molecule has 0 amide bonds. The molecule has 9 nitrogen and oxygen atoms in total. The molecule has 3 heterocycles. The number of nitrogens with zero attached hydrogens (tertiary/aromatic N) is 3. The summed E-state index contributed by atoms with van der Waals surface area (Å²) < 4.78 is 36.9. The Kier molecular flexibility index (Phi) is 5.54. The SMILES string of the molecule is COc1cc2ncc(N3CCC(CCNS(N)(=O)=O)CC3)n2cc1OC. The van der Waals surface area contributed by atoms with Gasteiger partial charge in [0.15, 0.2) is 11.5 Å². The summed E-state index contributed by atoms with van der Waals surface area (Å²) in [7, 11) is -0.385. The number of pyridine rings is 1. The van der Waals surface area contributed by atoms with Gasteiger partial charge in [0.25, 0.3) is 10.2 Å². The number of nitrogens with one attached hydrogen (secondary N) is 1. The smallest absolute Gasteiger partial charge is 0.274 e. The lowest BCUT2D eigenvalue weighted by Gasteiger charge is -2.33. The van der Waals surface area contributed by atoms with Crippen LogP contribution in [0.5, 0.6) is 11.5 Å². The van der Waals surface area contributed by atoms with Gasteiger partial charge < -0.3 is 14.4 Å². The molecule has 0 bridgehead atoms. The van der Waals surface area contributed by atoms with Crippen LogP contribution in [-0.4, -0.2) is 51.7 Å². The Labute approximate surface area is 153 Å². The van der Waals surface area contributed by atoms with Gasteiger partial charge in [-0.15, -0.1) is 0 Å². The summed E-state index contributed by atoms with van der Waals surface area (Å²) in [6.45, 7) is 2.17. The topological polar surface area (TPSA) is 111 Å². The van der Waals surface area contributed by atoms with Crippen molar-refractivity contribution in [3.63, 3.8) is 0 Å². The molecule has 0 saturated carbocycles. The summed E-state index contributed by atoms with van der Waals surface area (Å²) in [5.41, 5.74) is 0.803. The van der Waals surface area contributed by atoms with Crippen LogP contribution in [0.2, 0.25) is 0 Å². The van der Waals surface area contributed by atoms with Gasteiger partial charge in [-0.2, -0.15) is 8.42 Å². The first kappa shape index (κ1) is 18.7. The largest absolute Gasteiger partial charge is 0.493 e. The molecule has 10 heteroatoms. The Bertz CT molecular complexity index is 859. The number of fused-ring (bicyclic) bond motifs is 1. The molecule has 2 aromatic rings. The van der Waals surface area contributed by atoms with Crippen molar-refractivity contribution >= 4 is 21.7 Å². The highest BCUT2D eigenvalue weighted by molar-refractivity contribution is 7.87. The molecule has 144 valence electrons. The number of piperidine rings is 1. The minimum absolute atomic E-state index is 0.385. The predicted molar refractivity (Wildman–Crippen MR) is 99.0 cm³/mol. The van der Waals surface area contributed by atoms with Gasteiger partial charge >= 0.3 is 0 Å². The van der Waals surface area contributed by atoms with Crippen molar-refractivity contribution in [1.29, 1.82) is 0 Å². The number of imidazole rings is 1. The van der Waals surface area contributed by atoms with Crippen molar-refractivity contribution < 1.29 is 17.9 Å². The number of rotatable bonds is 7. The zero-order chi connectivity index (χ0) is 18.7. The minimum Gasteiger partial charge on any atom is -0.493 e. The van der Waals surface area contributed by atoms with E-state index in [-0.39, 0.29) is 0 Å². The van der Waals surface area contributed by atoms with E-state index in [1.54, 1.807) is 14.2 Å². The van der Waals surface area contributed by atoms with Crippen LogP contribution >= 0.6 is 0 Å². The van der Waals surface area contributed by atoms with Crippen molar-refractivity contribution in [2.75, 3.05) is 38.8 Å². The second-order valence-corrected chi connectivity index (χ2v) is 7.79. The maximum absolute atomic E-state index is 10.9. The Morgan fingerprint density at radius 2 is 1.96 bits per heavy atom. The average molecular weight is 383 g/mol. The average Bonchev–Trinajstić information content (AvgIpc) is 3.02. The van der Waals surface area contributed by atoms with E-state index in [1.165, 1.54) is 0 Å². The maximum Gasteiger partial charge on any atom is 0.274 e. The van der Waals surface area contributed by atoms with E-state index >= 15 is 0 Å². The van der Waals surface area contributed by atoms with Gasteiger partial charge in [0.1, 0.15) is 11.5 Å². The van der Waals surface area contributed by atoms with E-state index in [0.29, 0.717) is 24.0 Å². The number of aromatic nitrogens is 2. The van der Waals surface area contributed by atoms with Crippen molar-refractivity contribution in [2.45, 2.75) is 19.3 Å². The molecule has 1 fully saturated rings. The van der Waals surface area contributed by atoms with E-state index < -0.39 is 10.2 Å². The fraction of sp³-hybridized carbons (Fsp3) is 0.562. The predicted octanol–water partition coefficient (Wildman–Crippen LogP) is 0.751. The standard InChI is InChI=1S/C16H25N5O4S/c1-24-13-9-15-18-10-16(21(15)11-14(13)25-2)20-7-4-12(5-8-20)3-6-19-26(17,22)23/h9-12,19H,3-8H2,1-2H3,(H2,17,22,23). The lowest BCUT2D eigenvalue weighted by molar-refractivity contribution is 0.353. The molecular weight excluding hydrogens is 358 g/mol. The van der Waals surface area contributed by atoms with Crippen LogP contribution in [0.1, 0.15) is 19.3 Å². The van der Waals surface area contributed by atoms with Gasteiger partial charge in [-0.05, 0) is 25.2 Å². The van der Waals surface area contributed by atoms with Gasteiger partial charge in [0.05, 0.1) is 26.6 Å². The highest BCUT2D eigenvalue weighted by Gasteiger charge is 2.22. The number of methoxy groups -OCH3 is 2. The molecule has 0 atom stereocenters. The van der Waals surface area contributed by atoms with Crippen molar-refractivity contribution in [2.24, 2.45) is 11.1 Å². The van der Waals surface area contributed by atoms with Crippen LogP contribution in [0.4, 0.5) is 5.82 Å². The molecule has 3 N–H and O–H groups in total. The lowest BCUT2D eigenvalue weighted by Crippen LogP contribution is -2.37. The zero-order valence-corrected chi connectivity index (χ0v) is 15.8. The fourth-order valence-electron chi connectivity index (χ4n) is 3.38. The van der Waals surface area contributed by atoms with Crippen molar-refractivity contribution in [3.8, 4) is 11.5 Å². The summed E-state index contributed by atoms with van der Waals surface area (Å²) in [5, 5.41) is 4.96. The molecule has 0 unspecified atom stereocenters. The molecule has 1 aliphatic rings. The number of hydrogen-bond donors (Lipinski definition) is 2. The second-order valence-electron chi connectivity index (χ2n) is 6.41. The number of ether oxygens (including phenoxy) is 2. The molecule has 0 aliphatic carbocycles. The summed E-state index contributed by atoms with van der Waals surface area (Å²) in [6.07, 6.45) is 6.53. The molecule has 1 saturated heterocycles. The molecule has 1 aliphatic heterocycles. The molecule has 2 aromatic heterocycles. The van der Waals surface area contributed by atoms with E-state index in [4.69, 9.17) is 14.6 Å². The molecule has 0 radical (unpaired) electrons. The maximum atomic E-state index is 10.9. The summed E-state index contributed by atoms with van der Waals surface area (Å²) in [4.78, 5) is 6.76. The fourth-order valence-corrected chi connectivity index (χ4v) is 3.78. The van der Waals surface area contributed by atoms with Crippen LogP contribution in [0.3, 0.4) is 0 Å². The van der Waals surface area contributed by atoms with Gasteiger partial charge in [0.2, 0.25) is 0 Å². The Morgan fingerprint density at radius 1 is 1.27 bits per heavy atom. The quantitative estimate of drug-likeness (QED) is 0.730. The van der Waals surface area contributed by atoms with Gasteiger partial charge in [-0.3, -0.25) is 4.40 Å². The molecule has 0 spiro atoms. The number of hydrogen-bond acceptors (Lipinski definition) is 6. The van der Waals surface area contributed by atoms with Crippen LogP contribution in [-0.2, 0) is 10.2 Å². The lowest BCUT2D eigenvalue weighted by atomic mass is 9.94. The second kappa shape index (κ2) is 7.68. The summed E-state index contributed by atoms with van der Waals surface area (Å²) in [6, 6.07) is 1.86. The molecular formula is C16H25N5O4S. The van der Waals surface area contributed by atoms with Crippen LogP contribution in [0.15, 0.2) is 18.5 Å². The van der Waals surface area contributed by atoms with Crippen molar-refractivity contribution in [3.05, 3.63) is 18.5 Å². The monoisotopic (exact) mass is 383 g/mol. The Balaban J connectivity index is 1.66. The van der Waals surface area contributed by atoms with E-state index in [9.17, 15) is 8.42 Å². The third-order valence-electron chi connectivity index (χ3n) is 4.79. The summed E-state index contributed by atoms with van der Waals surface area (Å²) in [5.74, 6) is 2.80. The van der Waals surface area contributed by atoms with E-state index in [0.717, 1.165) is 43.8 Å². The first-order chi connectivity index (χ1) is 12.4. The summed E-state index contributed by atoms with van der Waals surface area (Å²) >= 11 is 0.